The van der Waals surface area contributed by atoms with E-state index in [1.54, 1.807) is 55.6 Å². The SMILES string of the molecule is COc1ccc(NC(=O)/C=C2\SC(=NCc3ccc(F)cc3)N(Cc3ccc(F)cc3)C2=O)cc1.[Br-]. The summed E-state index contributed by atoms with van der Waals surface area (Å²) in [5, 5.41) is 3.11. The van der Waals surface area contributed by atoms with Crippen LogP contribution in [0.5, 0.6) is 5.75 Å². The van der Waals surface area contributed by atoms with Crippen LogP contribution in [0.3, 0.4) is 0 Å². The van der Waals surface area contributed by atoms with Crippen molar-refractivity contribution in [2.45, 2.75) is 13.1 Å². The van der Waals surface area contributed by atoms with Gasteiger partial charge in [0, 0.05) is 11.8 Å². The lowest BCUT2D eigenvalue weighted by Crippen LogP contribution is -3.00. The van der Waals surface area contributed by atoms with E-state index < -0.39 is 5.91 Å². The van der Waals surface area contributed by atoms with Gasteiger partial charge in [-0.25, -0.2) is 8.78 Å². The number of anilines is 1. The van der Waals surface area contributed by atoms with Gasteiger partial charge in [0.25, 0.3) is 5.91 Å². The second kappa shape index (κ2) is 12.5. The summed E-state index contributed by atoms with van der Waals surface area (Å²) >= 11 is 1.08. The number of ether oxygens (including phenoxy) is 1. The number of rotatable bonds is 7. The van der Waals surface area contributed by atoms with Gasteiger partial charge in [0.15, 0.2) is 5.17 Å². The minimum atomic E-state index is -0.465. The third kappa shape index (κ3) is 7.02. The summed E-state index contributed by atoms with van der Waals surface area (Å²) in [5.41, 5.74) is 2.03. The van der Waals surface area contributed by atoms with Crippen LogP contribution in [-0.4, -0.2) is 29.0 Å². The van der Waals surface area contributed by atoms with E-state index in [2.05, 4.69) is 10.3 Å². The van der Waals surface area contributed by atoms with E-state index in [0.29, 0.717) is 22.2 Å². The van der Waals surface area contributed by atoms with E-state index in [1.807, 2.05) is 0 Å². The fourth-order valence-corrected chi connectivity index (χ4v) is 4.21. The van der Waals surface area contributed by atoms with Crippen molar-refractivity contribution in [1.29, 1.82) is 0 Å². The van der Waals surface area contributed by atoms with Crippen molar-refractivity contribution < 1.29 is 40.1 Å². The molecule has 0 radical (unpaired) electrons. The van der Waals surface area contributed by atoms with Crippen LogP contribution in [-0.2, 0) is 22.7 Å². The summed E-state index contributed by atoms with van der Waals surface area (Å²) in [7, 11) is 1.55. The maximum Gasteiger partial charge on any atom is 0.267 e. The lowest BCUT2D eigenvalue weighted by Gasteiger charge is -2.15. The lowest BCUT2D eigenvalue weighted by atomic mass is 10.2. The van der Waals surface area contributed by atoms with Crippen LogP contribution in [0.1, 0.15) is 11.1 Å². The molecule has 1 N–H and O–H groups in total. The Hall–Kier alpha value is -3.50. The fourth-order valence-electron chi connectivity index (χ4n) is 3.26. The normalized spacial score (nSPS) is 15.2. The van der Waals surface area contributed by atoms with E-state index in [-0.39, 0.29) is 52.5 Å². The molecule has 0 spiro atoms. The summed E-state index contributed by atoms with van der Waals surface area (Å²) in [6, 6.07) is 18.5. The van der Waals surface area contributed by atoms with Gasteiger partial charge in [0.05, 0.1) is 25.1 Å². The van der Waals surface area contributed by atoms with Gasteiger partial charge >= 0.3 is 0 Å². The van der Waals surface area contributed by atoms with Gasteiger partial charge < -0.3 is 27.0 Å². The van der Waals surface area contributed by atoms with Crippen molar-refractivity contribution in [3.05, 3.63) is 107 Å². The molecule has 1 aliphatic heterocycles. The number of nitrogens with one attached hydrogen (secondary N) is 1. The molecule has 1 aliphatic rings. The molecule has 186 valence electrons. The molecule has 0 aliphatic carbocycles. The molecule has 0 unspecified atom stereocenters. The Morgan fingerprint density at radius 3 is 2.14 bits per heavy atom. The zero-order valence-corrected chi connectivity index (χ0v) is 21.5. The average molecular weight is 573 g/mol. The highest BCUT2D eigenvalue weighted by Gasteiger charge is 2.34. The second-order valence-corrected chi connectivity index (χ2v) is 8.58. The number of carbonyl (C=O) groups is 2. The number of methoxy groups -OCH3 is 1. The Balaban J connectivity index is 0.00000361. The molecule has 4 rings (SSSR count). The highest BCUT2D eigenvalue weighted by molar-refractivity contribution is 8.18. The molecule has 1 heterocycles. The van der Waals surface area contributed by atoms with Crippen LogP contribution >= 0.6 is 11.8 Å². The number of aliphatic imine (C=N–C) groups is 1. The summed E-state index contributed by atoms with van der Waals surface area (Å²) < 4.78 is 31.6. The standard InChI is InChI=1S/C26H21F2N3O3S.BrH/c1-34-22-12-10-21(11-13-22)30-24(32)14-23-25(33)31(16-18-4-8-20(28)9-5-18)26(35-23)29-15-17-2-6-19(27)7-3-17;/h2-14H,15-16H2,1H3,(H,30,32);1H/p-1/b23-14-,29-26?;. The first-order chi connectivity index (χ1) is 16.9. The number of thioether (sulfide) groups is 1. The average Bonchev–Trinajstić information content (AvgIpc) is 3.14. The maximum absolute atomic E-state index is 13.3. The summed E-state index contributed by atoms with van der Waals surface area (Å²) in [4.78, 5) is 31.9. The van der Waals surface area contributed by atoms with Crippen molar-refractivity contribution in [1.82, 2.24) is 4.90 Å². The van der Waals surface area contributed by atoms with Gasteiger partial charge in [-0.05, 0) is 71.4 Å². The molecule has 36 heavy (non-hydrogen) atoms. The van der Waals surface area contributed by atoms with Gasteiger partial charge in [-0.2, -0.15) is 0 Å². The van der Waals surface area contributed by atoms with Crippen LogP contribution in [0.2, 0.25) is 0 Å². The van der Waals surface area contributed by atoms with E-state index in [0.717, 1.165) is 17.3 Å². The topological polar surface area (TPSA) is 71.0 Å². The Bertz CT molecular complexity index is 1280. The summed E-state index contributed by atoms with van der Waals surface area (Å²) in [6.07, 6.45) is 1.23. The summed E-state index contributed by atoms with van der Waals surface area (Å²) in [6.45, 7) is 0.382. The van der Waals surface area contributed by atoms with E-state index in [1.165, 1.54) is 35.2 Å². The minimum absolute atomic E-state index is 0. The number of benzene rings is 3. The van der Waals surface area contributed by atoms with E-state index >= 15 is 0 Å². The van der Waals surface area contributed by atoms with Gasteiger partial charge in [0.2, 0.25) is 5.91 Å². The molecule has 1 fully saturated rings. The Labute approximate surface area is 221 Å². The molecular weight excluding hydrogens is 552 g/mol. The fraction of sp³-hybridized carbons (Fsp3) is 0.115. The van der Waals surface area contributed by atoms with Crippen LogP contribution in [0.4, 0.5) is 14.5 Å². The number of amidine groups is 1. The zero-order chi connectivity index (χ0) is 24.8. The Kier molecular flexibility index (Phi) is 9.38. The van der Waals surface area contributed by atoms with Gasteiger partial charge in [-0.3, -0.25) is 19.5 Å². The molecule has 0 aromatic heterocycles. The molecule has 1 saturated heterocycles. The molecule has 3 aromatic rings. The molecule has 6 nitrogen and oxygen atoms in total. The number of hydrogen-bond acceptors (Lipinski definition) is 5. The molecule has 3 aromatic carbocycles. The molecule has 0 saturated carbocycles. The van der Waals surface area contributed by atoms with Crippen LogP contribution in [0.25, 0.3) is 0 Å². The maximum atomic E-state index is 13.3. The third-order valence-corrected chi connectivity index (χ3v) is 6.12. The molecular formula is C26H21BrF2N3O3S-. The van der Waals surface area contributed by atoms with Gasteiger partial charge in [-0.15, -0.1) is 0 Å². The lowest BCUT2D eigenvalue weighted by molar-refractivity contribution is -0.123. The molecule has 10 heteroatoms. The first kappa shape index (κ1) is 27.1. The third-order valence-electron chi connectivity index (χ3n) is 5.07. The van der Waals surface area contributed by atoms with Crippen molar-refractivity contribution in [3.8, 4) is 5.75 Å². The van der Waals surface area contributed by atoms with Crippen LogP contribution in [0.15, 0.2) is 88.8 Å². The van der Waals surface area contributed by atoms with Crippen molar-refractivity contribution in [2.75, 3.05) is 12.4 Å². The zero-order valence-electron chi connectivity index (χ0n) is 19.1. The quantitative estimate of drug-likeness (QED) is 0.440. The Morgan fingerprint density at radius 2 is 1.56 bits per heavy atom. The first-order valence-corrected chi connectivity index (χ1v) is 11.4. The highest BCUT2D eigenvalue weighted by Crippen LogP contribution is 2.32. The molecule has 0 bridgehead atoms. The smallest absolute Gasteiger partial charge is 0.267 e. The van der Waals surface area contributed by atoms with Crippen LogP contribution < -0.4 is 27.0 Å². The first-order valence-electron chi connectivity index (χ1n) is 10.6. The number of halogens is 3. The van der Waals surface area contributed by atoms with Crippen molar-refractivity contribution >= 4 is 34.4 Å². The predicted octanol–water partition coefficient (Wildman–Crippen LogP) is 2.13. The summed E-state index contributed by atoms with van der Waals surface area (Å²) in [5.74, 6) is -0.925. The van der Waals surface area contributed by atoms with E-state index in [4.69, 9.17) is 4.74 Å². The largest absolute Gasteiger partial charge is 1.00 e. The number of carbonyl (C=O) groups excluding carboxylic acids is 2. The predicted molar refractivity (Wildman–Crippen MR) is 132 cm³/mol. The minimum Gasteiger partial charge on any atom is -1.00 e. The van der Waals surface area contributed by atoms with Crippen molar-refractivity contribution in [2.24, 2.45) is 4.99 Å². The second-order valence-electron chi connectivity index (χ2n) is 7.57. The van der Waals surface area contributed by atoms with E-state index in [9.17, 15) is 18.4 Å². The van der Waals surface area contributed by atoms with Crippen LogP contribution in [0, 0.1) is 11.6 Å². The number of amides is 2. The monoisotopic (exact) mass is 572 g/mol. The van der Waals surface area contributed by atoms with Gasteiger partial charge in [0.1, 0.15) is 17.4 Å². The highest BCUT2D eigenvalue weighted by atomic mass is 79.9. The molecule has 0 atom stereocenters. The van der Waals surface area contributed by atoms with Gasteiger partial charge in [-0.1, -0.05) is 24.3 Å². The Morgan fingerprint density at radius 1 is 0.972 bits per heavy atom. The molecule has 2 amide bonds. The number of nitrogens with zero attached hydrogens (tertiary/aromatic N) is 2. The number of hydrogen-bond donors (Lipinski definition) is 1. The van der Waals surface area contributed by atoms with Crippen molar-refractivity contribution in [3.63, 3.8) is 0 Å².